The van der Waals surface area contributed by atoms with E-state index in [1.807, 2.05) is 0 Å². The van der Waals surface area contributed by atoms with Crippen LogP contribution in [0.4, 0.5) is 0 Å². The first kappa shape index (κ1) is 39.7. The molecule has 0 heterocycles. The molecule has 0 saturated heterocycles. The van der Waals surface area contributed by atoms with Gasteiger partial charge in [0.25, 0.3) is 0 Å². The summed E-state index contributed by atoms with van der Waals surface area (Å²) in [5.41, 5.74) is 0. The number of carbonyl (C=O) groups is 4. The van der Waals surface area contributed by atoms with Gasteiger partial charge in [0.2, 0.25) is 0 Å². The molecule has 13 nitrogen and oxygen atoms in total. The molecular weight excluding hydrogens is 368 g/mol. The summed E-state index contributed by atoms with van der Waals surface area (Å²) in [5.74, 6) is -5.82. The van der Waals surface area contributed by atoms with Crippen molar-refractivity contribution in [1.29, 1.82) is 0 Å². The van der Waals surface area contributed by atoms with E-state index in [1.165, 1.54) is 0 Å². The second-order valence-corrected chi connectivity index (χ2v) is 3.93. The first-order valence-electron chi connectivity index (χ1n) is 5.46. The number of quaternary nitrogens is 1. The molecule has 0 aliphatic rings. The monoisotopic (exact) mass is 389 g/mol. The van der Waals surface area contributed by atoms with Gasteiger partial charge in [-0.1, -0.05) is 0 Å². The van der Waals surface area contributed by atoms with Gasteiger partial charge < -0.3 is 51.9 Å². The number of rotatable bonds is 11. The molecule has 0 spiro atoms. The van der Waals surface area contributed by atoms with Crippen LogP contribution in [0.5, 0.6) is 0 Å². The standard InChI is InChI=1S/C10H16N2O8.H3N.2Na.2H2O/c13-7(14)3-11(4-8(15)16)1-2-12(5-9(17)18)6-10(19)20;;;;;/h1-6H2,(H,13,14)(H,15,16)(H,17,18)(H,19,20);1H3;;;2*1H2/q;;2*+1;;/p-2. The maximum absolute atomic E-state index is 10.5. The van der Waals surface area contributed by atoms with Crippen LogP contribution < -0.4 is 80.6 Å². The Kier molecular flexibility index (Phi) is 34.5. The Morgan fingerprint density at radius 3 is 1.12 bits per heavy atom. The average Bonchev–Trinajstić information content (AvgIpc) is 2.22. The first-order chi connectivity index (χ1) is 9.20. The fourth-order valence-electron chi connectivity index (χ4n) is 1.45. The Morgan fingerprint density at radius 1 is 0.680 bits per heavy atom. The molecule has 0 radical (unpaired) electrons. The van der Waals surface area contributed by atoms with Crippen molar-refractivity contribution in [3.05, 3.63) is 0 Å². The van der Waals surface area contributed by atoms with E-state index in [-0.39, 0.29) is 89.3 Å². The van der Waals surface area contributed by atoms with Crippen LogP contribution >= 0.6 is 0 Å². The molecule has 0 aromatic heterocycles. The third-order valence-electron chi connectivity index (χ3n) is 2.15. The van der Waals surface area contributed by atoms with Gasteiger partial charge in [-0.25, -0.2) is 0 Å². The van der Waals surface area contributed by atoms with E-state index in [1.54, 1.807) is 0 Å². The minimum atomic E-state index is -1.52. The first-order valence-corrected chi connectivity index (χ1v) is 5.46. The van der Waals surface area contributed by atoms with Gasteiger partial charge in [-0.05, 0) is 0 Å². The summed E-state index contributed by atoms with van der Waals surface area (Å²) < 4.78 is 0. The van der Waals surface area contributed by atoms with Crippen LogP contribution in [0, 0.1) is 0 Å². The molecule has 138 valence electrons. The molecule has 25 heavy (non-hydrogen) atoms. The Hall–Kier alpha value is -0.320. The van der Waals surface area contributed by atoms with Crippen LogP contribution in [0.2, 0.25) is 0 Å². The Bertz CT molecular complexity index is 331. The van der Waals surface area contributed by atoms with E-state index in [4.69, 9.17) is 5.11 Å². The predicted octanol–water partition coefficient (Wildman–Crippen LogP) is -13.3. The molecule has 0 fully saturated rings. The summed E-state index contributed by atoms with van der Waals surface area (Å²) in [5, 5.41) is 39.8. The second kappa shape index (κ2) is 21.7. The number of aliphatic carboxylic acids is 4. The zero-order valence-corrected chi connectivity index (χ0v) is 18.4. The third kappa shape index (κ3) is 26.0. The summed E-state index contributed by atoms with van der Waals surface area (Å²) >= 11 is 0. The summed E-state index contributed by atoms with van der Waals surface area (Å²) in [6, 6.07) is 0. The number of hydrogen-bond donors (Lipinski definition) is 2. The minimum Gasteiger partial charge on any atom is -0.549 e. The molecule has 0 aromatic carbocycles. The molecule has 0 amide bonds. The van der Waals surface area contributed by atoms with E-state index in [0.29, 0.717) is 0 Å². The molecule has 0 unspecified atom stereocenters. The largest absolute Gasteiger partial charge is 1.00 e. The molecule has 0 atom stereocenters. The van der Waals surface area contributed by atoms with Crippen LogP contribution in [0.3, 0.4) is 0 Å². The topological polar surface area (TPSA) is 264 Å². The molecule has 0 aromatic rings. The molecule has 0 saturated carbocycles. The summed E-state index contributed by atoms with van der Waals surface area (Å²) in [7, 11) is 0. The van der Waals surface area contributed by atoms with Crippen molar-refractivity contribution in [3.8, 4) is 0 Å². The van der Waals surface area contributed by atoms with E-state index in [2.05, 4.69) is 0 Å². The van der Waals surface area contributed by atoms with Gasteiger partial charge in [-0.2, -0.15) is 0 Å². The third-order valence-corrected chi connectivity index (χ3v) is 2.15. The second-order valence-electron chi connectivity index (χ2n) is 3.93. The van der Waals surface area contributed by atoms with Crippen LogP contribution in [0.15, 0.2) is 0 Å². The Labute approximate surface area is 187 Å². The number of carboxylic acid groups (broad SMARTS) is 4. The molecule has 0 rings (SSSR count). The zero-order valence-electron chi connectivity index (χ0n) is 14.4. The molecule has 0 aliphatic heterocycles. The Morgan fingerprint density at radius 2 is 0.920 bits per heavy atom. The van der Waals surface area contributed by atoms with Crippen molar-refractivity contribution in [2.24, 2.45) is 0 Å². The van der Waals surface area contributed by atoms with E-state index in [9.17, 15) is 34.5 Å². The van der Waals surface area contributed by atoms with Gasteiger partial charge in [0.15, 0.2) is 0 Å². The number of hydrogen-bond acceptors (Lipinski definition) is 9. The van der Waals surface area contributed by atoms with Gasteiger partial charge in [0.1, 0.15) is 0 Å². The summed E-state index contributed by atoms with van der Waals surface area (Å²) in [6.45, 7) is -3.00. The predicted molar refractivity (Wildman–Crippen MR) is 68.7 cm³/mol. The fourth-order valence-corrected chi connectivity index (χ4v) is 1.45. The molecule has 0 bridgehead atoms. The smallest absolute Gasteiger partial charge is 0.549 e. The van der Waals surface area contributed by atoms with Crippen LogP contribution in [0.1, 0.15) is 0 Å². The minimum absolute atomic E-state index is 0. The number of carboxylic acids is 4. The van der Waals surface area contributed by atoms with Crippen LogP contribution in [0.25, 0.3) is 0 Å². The van der Waals surface area contributed by atoms with Gasteiger partial charge in [-0.3, -0.25) is 14.6 Å². The fraction of sp³-hybridized carbons (Fsp3) is 0.600. The van der Waals surface area contributed by atoms with E-state index >= 15 is 0 Å². The van der Waals surface area contributed by atoms with Crippen LogP contribution in [-0.4, -0.2) is 89.0 Å². The summed E-state index contributed by atoms with van der Waals surface area (Å²) in [4.78, 5) is 43.7. The van der Waals surface area contributed by atoms with Gasteiger partial charge >= 0.3 is 65.1 Å². The SMILES string of the molecule is O.O.O=C([O-])CN(CCN(CC(=O)[O-])CC(=O)O)CC(=O)[O-].[NH4+].[Na+].[Na+]. The van der Waals surface area contributed by atoms with Crippen molar-refractivity contribution >= 4 is 23.9 Å². The van der Waals surface area contributed by atoms with Crippen molar-refractivity contribution < 1.29 is 110 Å². The molecular formula is C10H21N3Na2O10. The van der Waals surface area contributed by atoms with Gasteiger partial charge in [-0.15, -0.1) is 0 Å². The molecule has 0 aliphatic carbocycles. The van der Waals surface area contributed by atoms with Crippen LogP contribution in [-0.2, 0) is 19.2 Å². The maximum atomic E-state index is 10.5. The maximum Gasteiger partial charge on any atom is 1.00 e. The average molecular weight is 389 g/mol. The number of nitrogens with zero attached hydrogens (tertiary/aromatic N) is 2. The van der Waals surface area contributed by atoms with Crippen molar-refractivity contribution in [3.63, 3.8) is 0 Å². The zero-order chi connectivity index (χ0) is 15.7. The molecule has 15 heteroatoms. The normalized spacial score (nSPS) is 8.56. The van der Waals surface area contributed by atoms with Crippen molar-refractivity contribution in [1.82, 2.24) is 16.0 Å². The quantitative estimate of drug-likeness (QED) is 0.315. The van der Waals surface area contributed by atoms with Gasteiger partial charge in [0.05, 0.1) is 24.5 Å². The summed E-state index contributed by atoms with van der Waals surface area (Å²) in [6.07, 6.45) is 0. The number of carbonyl (C=O) groups excluding carboxylic acids is 3. The molecule has 9 N–H and O–H groups in total. The van der Waals surface area contributed by atoms with Crippen molar-refractivity contribution in [2.75, 3.05) is 39.3 Å². The van der Waals surface area contributed by atoms with Crippen molar-refractivity contribution in [2.45, 2.75) is 0 Å². The Balaban J connectivity index is -0.000000180. The van der Waals surface area contributed by atoms with E-state index in [0.717, 1.165) is 9.80 Å². The van der Waals surface area contributed by atoms with Gasteiger partial charge in [0, 0.05) is 32.7 Å². The van der Waals surface area contributed by atoms with E-state index < -0.39 is 50.1 Å².